The number of amides is 2. The normalized spacial score (nSPS) is 21.7. The second-order valence-corrected chi connectivity index (χ2v) is 7.52. The van der Waals surface area contributed by atoms with Crippen molar-refractivity contribution in [3.63, 3.8) is 0 Å². The van der Waals surface area contributed by atoms with Crippen molar-refractivity contribution in [2.24, 2.45) is 5.92 Å². The molecule has 1 aromatic rings. The molecular formula is C22H29N3O6. The fraction of sp³-hybridized carbons (Fsp3) is 0.500. The number of carbonyl (C=O) groups excluding carboxylic acids is 3. The van der Waals surface area contributed by atoms with Gasteiger partial charge in [0.05, 0.1) is 38.4 Å². The van der Waals surface area contributed by atoms with E-state index >= 15 is 0 Å². The van der Waals surface area contributed by atoms with Crippen LogP contribution in [0.2, 0.25) is 0 Å². The molecule has 9 nitrogen and oxygen atoms in total. The number of carbonyl (C=O) groups is 3. The van der Waals surface area contributed by atoms with Gasteiger partial charge in [-0.05, 0) is 44.0 Å². The van der Waals surface area contributed by atoms with Crippen LogP contribution in [-0.2, 0) is 19.1 Å². The minimum atomic E-state index is -0.683. The van der Waals surface area contributed by atoms with E-state index in [4.69, 9.17) is 14.2 Å². The first-order valence-corrected chi connectivity index (χ1v) is 10.4. The third-order valence-corrected chi connectivity index (χ3v) is 5.49. The number of hydrogen-bond donors (Lipinski definition) is 2. The Hall–Kier alpha value is -3.07. The Bertz CT molecular complexity index is 869. The lowest BCUT2D eigenvalue weighted by molar-refractivity contribution is -0.150. The van der Waals surface area contributed by atoms with Gasteiger partial charge >= 0.3 is 18.0 Å². The Morgan fingerprint density at radius 1 is 1.26 bits per heavy atom. The van der Waals surface area contributed by atoms with Gasteiger partial charge in [-0.25, -0.2) is 9.59 Å². The molecule has 9 heteroatoms. The maximum atomic E-state index is 12.7. The second-order valence-electron chi connectivity index (χ2n) is 7.52. The van der Waals surface area contributed by atoms with Crippen LogP contribution in [0.5, 0.6) is 5.75 Å². The summed E-state index contributed by atoms with van der Waals surface area (Å²) in [4.78, 5) is 39.4. The first-order valence-electron chi connectivity index (χ1n) is 10.4. The van der Waals surface area contributed by atoms with Crippen LogP contribution in [0.4, 0.5) is 4.79 Å². The number of nitrogens with one attached hydrogen (secondary N) is 2. The standard InChI is InChI=1S/C22H29N3O6/c1-4-31-20(26)15-8-6-10-25(12-15)13-17-18(21(27)30-3)19(24-22(28)23-17)14-7-5-9-16(11-14)29-2/h5,7,9,11,15,19H,4,6,8,10,12-13H2,1-3H3,(H2,23,24,28)/t15-,19+/m1/s1. The van der Waals surface area contributed by atoms with Gasteiger partial charge in [-0.3, -0.25) is 9.69 Å². The number of hydrogen-bond acceptors (Lipinski definition) is 7. The molecule has 2 atom stereocenters. The third-order valence-electron chi connectivity index (χ3n) is 5.49. The van der Waals surface area contributed by atoms with Gasteiger partial charge in [0.15, 0.2) is 0 Å². The molecule has 0 unspecified atom stereocenters. The summed E-state index contributed by atoms with van der Waals surface area (Å²) in [6.45, 7) is 3.70. The number of piperidine rings is 1. The highest BCUT2D eigenvalue weighted by atomic mass is 16.5. The number of urea groups is 1. The molecule has 1 fully saturated rings. The Morgan fingerprint density at radius 2 is 2.06 bits per heavy atom. The molecule has 2 heterocycles. The summed E-state index contributed by atoms with van der Waals surface area (Å²) < 4.78 is 15.5. The summed E-state index contributed by atoms with van der Waals surface area (Å²) in [6.07, 6.45) is 1.59. The van der Waals surface area contributed by atoms with Crippen LogP contribution in [-0.4, -0.2) is 63.3 Å². The summed E-state index contributed by atoms with van der Waals surface area (Å²) in [5.41, 5.74) is 1.50. The zero-order valence-corrected chi connectivity index (χ0v) is 18.1. The average molecular weight is 431 g/mol. The molecule has 0 aromatic heterocycles. The summed E-state index contributed by atoms with van der Waals surface area (Å²) in [6, 6.07) is 6.08. The number of nitrogens with zero attached hydrogens (tertiary/aromatic N) is 1. The van der Waals surface area contributed by atoms with Crippen LogP contribution in [0.1, 0.15) is 31.4 Å². The minimum Gasteiger partial charge on any atom is -0.497 e. The van der Waals surface area contributed by atoms with Crippen molar-refractivity contribution in [2.75, 3.05) is 40.5 Å². The highest BCUT2D eigenvalue weighted by molar-refractivity contribution is 5.95. The number of ether oxygens (including phenoxy) is 3. The molecule has 0 aliphatic carbocycles. The minimum absolute atomic E-state index is 0.210. The summed E-state index contributed by atoms with van der Waals surface area (Å²) in [7, 11) is 2.86. The van der Waals surface area contributed by atoms with E-state index in [2.05, 4.69) is 15.5 Å². The van der Waals surface area contributed by atoms with Crippen LogP contribution in [0, 0.1) is 5.92 Å². The molecule has 0 saturated carbocycles. The average Bonchev–Trinajstić information content (AvgIpc) is 2.78. The van der Waals surface area contributed by atoms with E-state index in [1.807, 2.05) is 6.07 Å². The van der Waals surface area contributed by atoms with E-state index < -0.39 is 18.0 Å². The molecule has 0 bridgehead atoms. The van der Waals surface area contributed by atoms with Gasteiger partial charge in [0.2, 0.25) is 0 Å². The van der Waals surface area contributed by atoms with Crippen molar-refractivity contribution in [2.45, 2.75) is 25.8 Å². The third kappa shape index (κ3) is 5.35. The number of likely N-dealkylation sites (tertiary alicyclic amines) is 1. The lowest BCUT2D eigenvalue weighted by atomic mass is 9.93. The smallest absolute Gasteiger partial charge is 0.338 e. The second kappa shape index (κ2) is 10.3. The summed E-state index contributed by atoms with van der Waals surface area (Å²) >= 11 is 0. The Labute approximate surface area is 181 Å². The molecule has 2 aliphatic heterocycles. The molecular weight excluding hydrogens is 402 g/mol. The fourth-order valence-corrected chi connectivity index (χ4v) is 4.04. The van der Waals surface area contributed by atoms with Gasteiger partial charge in [-0.2, -0.15) is 0 Å². The van der Waals surface area contributed by atoms with Crippen molar-refractivity contribution in [3.8, 4) is 5.75 Å². The molecule has 3 rings (SSSR count). The van der Waals surface area contributed by atoms with E-state index in [-0.39, 0.29) is 11.9 Å². The van der Waals surface area contributed by atoms with Gasteiger partial charge in [-0.15, -0.1) is 0 Å². The number of benzene rings is 1. The number of esters is 2. The molecule has 1 saturated heterocycles. The zero-order valence-electron chi connectivity index (χ0n) is 18.1. The monoisotopic (exact) mass is 431 g/mol. The van der Waals surface area contributed by atoms with Crippen LogP contribution in [0.25, 0.3) is 0 Å². The van der Waals surface area contributed by atoms with Crippen molar-refractivity contribution in [1.29, 1.82) is 0 Å². The van der Waals surface area contributed by atoms with Gasteiger partial charge < -0.3 is 24.8 Å². The number of rotatable bonds is 7. The molecule has 31 heavy (non-hydrogen) atoms. The quantitative estimate of drug-likeness (QED) is 0.634. The van der Waals surface area contributed by atoms with Crippen LogP contribution < -0.4 is 15.4 Å². The van der Waals surface area contributed by atoms with Gasteiger partial charge in [0.1, 0.15) is 5.75 Å². The molecule has 2 amide bonds. The van der Waals surface area contributed by atoms with Crippen molar-refractivity contribution in [3.05, 3.63) is 41.1 Å². The molecule has 2 N–H and O–H groups in total. The molecule has 168 valence electrons. The van der Waals surface area contributed by atoms with E-state index in [1.165, 1.54) is 7.11 Å². The van der Waals surface area contributed by atoms with Gasteiger partial charge in [-0.1, -0.05) is 12.1 Å². The summed E-state index contributed by atoms with van der Waals surface area (Å²) in [5, 5.41) is 5.57. The fourth-order valence-electron chi connectivity index (χ4n) is 4.04. The van der Waals surface area contributed by atoms with Crippen LogP contribution >= 0.6 is 0 Å². The topological polar surface area (TPSA) is 106 Å². The molecule has 2 aliphatic rings. The Morgan fingerprint density at radius 3 is 2.77 bits per heavy atom. The molecule has 1 aromatic carbocycles. The van der Waals surface area contributed by atoms with E-state index in [9.17, 15) is 14.4 Å². The first-order chi connectivity index (χ1) is 15.0. The lowest BCUT2D eigenvalue weighted by Crippen LogP contribution is -2.49. The van der Waals surface area contributed by atoms with Crippen molar-refractivity contribution >= 4 is 18.0 Å². The predicted molar refractivity (Wildman–Crippen MR) is 112 cm³/mol. The number of methoxy groups -OCH3 is 2. The first kappa shape index (κ1) is 22.6. The van der Waals surface area contributed by atoms with Crippen molar-refractivity contribution < 1.29 is 28.6 Å². The van der Waals surface area contributed by atoms with E-state index in [0.717, 1.165) is 19.4 Å². The van der Waals surface area contributed by atoms with Gasteiger partial charge in [0, 0.05) is 18.8 Å². The highest BCUT2D eigenvalue weighted by Gasteiger charge is 2.35. The Kier molecular flexibility index (Phi) is 7.51. The zero-order chi connectivity index (χ0) is 22.4. The largest absolute Gasteiger partial charge is 0.497 e. The maximum absolute atomic E-state index is 12.7. The summed E-state index contributed by atoms with van der Waals surface area (Å²) in [5.74, 6) is -0.348. The predicted octanol–water partition coefficient (Wildman–Crippen LogP) is 1.75. The highest BCUT2D eigenvalue weighted by Crippen LogP contribution is 2.30. The lowest BCUT2D eigenvalue weighted by Gasteiger charge is -2.35. The van der Waals surface area contributed by atoms with Gasteiger partial charge in [0.25, 0.3) is 0 Å². The Balaban J connectivity index is 1.90. The molecule has 0 spiro atoms. The van der Waals surface area contributed by atoms with E-state index in [1.54, 1.807) is 32.2 Å². The van der Waals surface area contributed by atoms with Crippen LogP contribution in [0.15, 0.2) is 35.5 Å². The molecule has 0 radical (unpaired) electrons. The van der Waals surface area contributed by atoms with Crippen LogP contribution in [0.3, 0.4) is 0 Å². The maximum Gasteiger partial charge on any atom is 0.338 e. The SMILES string of the molecule is CCOC(=O)[C@@H]1CCCN(CC2=C(C(=O)OC)[C@H](c3cccc(OC)c3)NC(=O)N2)C1. The van der Waals surface area contributed by atoms with Crippen molar-refractivity contribution in [1.82, 2.24) is 15.5 Å². The van der Waals surface area contributed by atoms with E-state index in [0.29, 0.717) is 42.3 Å².